The average molecular weight is 383 g/mol. The van der Waals surface area contributed by atoms with Crippen molar-refractivity contribution in [1.29, 1.82) is 0 Å². The molecule has 0 aliphatic rings. The molecule has 0 saturated heterocycles. The lowest BCUT2D eigenvalue weighted by Gasteiger charge is -2.11. The van der Waals surface area contributed by atoms with Gasteiger partial charge in [0.25, 0.3) is 5.91 Å². The van der Waals surface area contributed by atoms with Crippen molar-refractivity contribution in [2.45, 2.75) is 0 Å². The first kappa shape index (κ1) is 18.8. The lowest BCUT2D eigenvalue weighted by atomic mass is 10.0. The first-order valence-electron chi connectivity index (χ1n) is 8.07. The van der Waals surface area contributed by atoms with E-state index in [4.69, 9.17) is 16.2 Å². The molecular formula is C20H15F2N3O3. The molecule has 3 aromatic rings. The van der Waals surface area contributed by atoms with Gasteiger partial charge in [0.1, 0.15) is 5.75 Å². The van der Waals surface area contributed by atoms with Gasteiger partial charge in [-0.15, -0.1) is 0 Å². The summed E-state index contributed by atoms with van der Waals surface area (Å²) < 4.78 is 31.3. The predicted octanol–water partition coefficient (Wildman–Crippen LogP) is 3.92. The normalized spacial score (nSPS) is 10.4. The van der Waals surface area contributed by atoms with E-state index >= 15 is 0 Å². The quantitative estimate of drug-likeness (QED) is 0.594. The number of ether oxygens (including phenoxy) is 1. The van der Waals surface area contributed by atoms with Gasteiger partial charge in [0, 0.05) is 5.56 Å². The van der Waals surface area contributed by atoms with Crippen LogP contribution >= 0.6 is 0 Å². The van der Waals surface area contributed by atoms with Gasteiger partial charge in [-0.25, -0.2) is 13.6 Å². The van der Waals surface area contributed by atoms with Crippen LogP contribution in [0.5, 0.6) is 5.75 Å². The topological polar surface area (TPSA) is 107 Å². The molecule has 0 spiro atoms. The highest BCUT2D eigenvalue weighted by atomic mass is 19.2. The summed E-state index contributed by atoms with van der Waals surface area (Å²) in [5.41, 5.74) is 12.7. The number of hydrogen-bond acceptors (Lipinski definition) is 4. The molecule has 0 atom stereocenters. The van der Waals surface area contributed by atoms with E-state index in [9.17, 15) is 18.4 Å². The number of amides is 2. The zero-order chi connectivity index (χ0) is 20.3. The molecule has 0 fully saturated rings. The lowest BCUT2D eigenvalue weighted by Crippen LogP contribution is -2.16. The van der Waals surface area contributed by atoms with Crippen LogP contribution in [-0.2, 0) is 0 Å². The highest BCUT2D eigenvalue weighted by molar-refractivity contribution is 6.06. The molecule has 0 unspecified atom stereocenters. The number of hydrogen-bond donors (Lipinski definition) is 3. The Kier molecular flexibility index (Phi) is 5.21. The maximum Gasteiger partial charge on any atom is 0.409 e. The van der Waals surface area contributed by atoms with Crippen molar-refractivity contribution in [2.24, 2.45) is 5.73 Å². The molecule has 0 bridgehead atoms. The molecule has 3 aromatic carbocycles. The van der Waals surface area contributed by atoms with Crippen LogP contribution in [0.4, 0.5) is 25.0 Å². The van der Waals surface area contributed by atoms with Crippen molar-refractivity contribution in [1.82, 2.24) is 0 Å². The minimum atomic E-state index is -0.974. The summed E-state index contributed by atoms with van der Waals surface area (Å²) in [5, 5.41) is 2.66. The number of nitrogens with one attached hydrogen (secondary N) is 1. The monoisotopic (exact) mass is 383 g/mol. The Bertz CT molecular complexity index is 1050. The Labute approximate surface area is 158 Å². The van der Waals surface area contributed by atoms with Crippen LogP contribution in [0.2, 0.25) is 0 Å². The molecule has 0 heterocycles. The van der Waals surface area contributed by atoms with Crippen LogP contribution in [0.15, 0.2) is 60.7 Å². The van der Waals surface area contributed by atoms with E-state index in [-0.39, 0.29) is 11.3 Å². The summed E-state index contributed by atoms with van der Waals surface area (Å²) in [5.74, 6) is -2.18. The fourth-order valence-corrected chi connectivity index (χ4v) is 2.50. The zero-order valence-corrected chi connectivity index (χ0v) is 14.4. The highest BCUT2D eigenvalue weighted by Crippen LogP contribution is 2.28. The van der Waals surface area contributed by atoms with E-state index in [2.05, 4.69) is 5.32 Å². The Morgan fingerprint density at radius 1 is 0.857 bits per heavy atom. The number of benzene rings is 3. The van der Waals surface area contributed by atoms with E-state index in [1.54, 1.807) is 18.2 Å². The van der Waals surface area contributed by atoms with E-state index in [1.165, 1.54) is 30.3 Å². The summed E-state index contributed by atoms with van der Waals surface area (Å²) in [6.07, 6.45) is -0.959. The van der Waals surface area contributed by atoms with Crippen LogP contribution < -0.4 is 21.5 Å². The van der Waals surface area contributed by atoms with Gasteiger partial charge >= 0.3 is 6.09 Å². The maximum absolute atomic E-state index is 13.5. The predicted molar refractivity (Wildman–Crippen MR) is 101 cm³/mol. The third kappa shape index (κ3) is 4.24. The first-order valence-corrected chi connectivity index (χ1v) is 8.07. The van der Waals surface area contributed by atoms with Crippen LogP contribution in [0.25, 0.3) is 11.1 Å². The Morgan fingerprint density at radius 2 is 1.50 bits per heavy atom. The van der Waals surface area contributed by atoms with Crippen LogP contribution in [0.3, 0.4) is 0 Å². The number of primary amides is 1. The number of rotatable bonds is 4. The lowest BCUT2D eigenvalue weighted by molar-refractivity contribution is 0.102. The second-order valence-corrected chi connectivity index (χ2v) is 5.83. The second-order valence-electron chi connectivity index (χ2n) is 5.83. The van der Waals surface area contributed by atoms with Crippen LogP contribution in [0.1, 0.15) is 10.4 Å². The van der Waals surface area contributed by atoms with E-state index < -0.39 is 23.6 Å². The van der Waals surface area contributed by atoms with Gasteiger partial charge in [-0.1, -0.05) is 12.1 Å². The molecule has 2 amide bonds. The van der Waals surface area contributed by atoms with Crippen molar-refractivity contribution in [3.63, 3.8) is 0 Å². The number of carbonyl (C=O) groups excluding carboxylic acids is 2. The van der Waals surface area contributed by atoms with E-state index in [0.29, 0.717) is 22.5 Å². The molecule has 6 nitrogen and oxygen atoms in total. The molecule has 0 radical (unpaired) electrons. The van der Waals surface area contributed by atoms with Crippen molar-refractivity contribution in [3.8, 4) is 16.9 Å². The van der Waals surface area contributed by atoms with Crippen molar-refractivity contribution in [2.75, 3.05) is 11.1 Å². The molecule has 0 aliphatic carbocycles. The van der Waals surface area contributed by atoms with Crippen LogP contribution in [0, 0.1) is 11.6 Å². The van der Waals surface area contributed by atoms with Crippen LogP contribution in [-0.4, -0.2) is 12.0 Å². The minimum absolute atomic E-state index is 0.198. The van der Waals surface area contributed by atoms with Crippen molar-refractivity contribution < 1.29 is 23.1 Å². The summed E-state index contributed by atoms with van der Waals surface area (Å²) in [7, 11) is 0. The number of anilines is 2. The SMILES string of the molecule is NC(=O)Oc1ccc(C(=O)Nc2cc(-c3ccc(F)c(F)c3)ccc2N)cc1. The molecule has 28 heavy (non-hydrogen) atoms. The number of halogens is 2. The number of nitrogens with two attached hydrogens (primary N) is 2. The third-order valence-corrected chi connectivity index (χ3v) is 3.89. The van der Waals surface area contributed by atoms with Gasteiger partial charge in [0.15, 0.2) is 11.6 Å². The molecular weight excluding hydrogens is 368 g/mol. The Balaban J connectivity index is 1.82. The van der Waals surface area contributed by atoms with Gasteiger partial charge in [-0.2, -0.15) is 0 Å². The molecule has 5 N–H and O–H groups in total. The standard InChI is InChI=1S/C20H15F2N3O3/c21-15-7-3-12(9-16(15)22)13-4-8-17(23)18(10-13)25-19(26)11-1-5-14(6-2-11)28-20(24)27/h1-10H,23H2,(H2,24,27)(H,25,26). The number of carbonyl (C=O) groups is 2. The first-order chi connectivity index (χ1) is 13.3. The fraction of sp³-hybridized carbons (Fsp3) is 0. The third-order valence-electron chi connectivity index (χ3n) is 3.89. The van der Waals surface area contributed by atoms with E-state index in [0.717, 1.165) is 12.1 Å². The summed E-state index contributed by atoms with van der Waals surface area (Å²) in [6, 6.07) is 14.0. The molecule has 142 valence electrons. The van der Waals surface area contributed by atoms with Gasteiger partial charge in [-0.05, 0) is 59.7 Å². The van der Waals surface area contributed by atoms with Gasteiger partial charge in [0.05, 0.1) is 11.4 Å². The molecule has 3 rings (SSSR count). The smallest absolute Gasteiger partial charge is 0.409 e. The van der Waals surface area contributed by atoms with E-state index in [1.807, 2.05) is 0 Å². The van der Waals surface area contributed by atoms with Gasteiger partial charge in [-0.3, -0.25) is 4.79 Å². The summed E-state index contributed by atoms with van der Waals surface area (Å²) in [4.78, 5) is 23.2. The fourth-order valence-electron chi connectivity index (χ4n) is 2.50. The highest BCUT2D eigenvalue weighted by Gasteiger charge is 2.11. The molecule has 8 heteroatoms. The largest absolute Gasteiger partial charge is 0.411 e. The van der Waals surface area contributed by atoms with Crippen molar-refractivity contribution in [3.05, 3.63) is 77.9 Å². The summed E-state index contributed by atoms with van der Waals surface area (Å²) in [6.45, 7) is 0. The molecule has 0 aliphatic heterocycles. The second kappa shape index (κ2) is 7.75. The molecule has 0 aromatic heterocycles. The van der Waals surface area contributed by atoms with Gasteiger partial charge < -0.3 is 21.5 Å². The Morgan fingerprint density at radius 3 is 2.14 bits per heavy atom. The Hall–Kier alpha value is -3.94. The average Bonchev–Trinajstić information content (AvgIpc) is 2.66. The maximum atomic E-state index is 13.5. The zero-order valence-electron chi connectivity index (χ0n) is 14.4. The number of nitrogen functional groups attached to an aromatic ring is 1. The van der Waals surface area contributed by atoms with Crippen molar-refractivity contribution >= 4 is 23.4 Å². The minimum Gasteiger partial charge on any atom is -0.411 e. The molecule has 0 saturated carbocycles. The van der Waals surface area contributed by atoms with Gasteiger partial charge in [0.2, 0.25) is 0 Å². The summed E-state index contributed by atoms with van der Waals surface area (Å²) >= 11 is 0.